The van der Waals surface area contributed by atoms with Crippen LogP contribution in [0.15, 0.2) is 18.2 Å². The van der Waals surface area contributed by atoms with Crippen molar-refractivity contribution in [3.63, 3.8) is 0 Å². The first-order valence-corrected chi connectivity index (χ1v) is 7.08. The predicted molar refractivity (Wildman–Crippen MR) is 79.9 cm³/mol. The molecule has 0 saturated carbocycles. The minimum Gasteiger partial charge on any atom is -0.493 e. The number of aliphatic hydroxyl groups is 1. The fraction of sp³-hybridized carbons (Fsp3) is 0.600. The van der Waals surface area contributed by atoms with Crippen molar-refractivity contribution in [3.8, 4) is 5.75 Å². The van der Waals surface area contributed by atoms with Gasteiger partial charge in [0.25, 0.3) is 0 Å². The molecule has 1 aromatic rings. The smallest absolute Gasteiger partial charge is 0.124 e. The molecule has 0 radical (unpaired) electrons. The molecular weight excluding hydrogens is 262 g/mol. The topological polar surface area (TPSA) is 32.7 Å². The number of benzene rings is 1. The van der Waals surface area contributed by atoms with Crippen LogP contribution in [0.5, 0.6) is 5.75 Å². The summed E-state index contributed by atoms with van der Waals surface area (Å²) in [5.74, 6) is 0.961. The molecule has 0 amide bonds. The second kappa shape index (κ2) is 7.73. The quantitative estimate of drug-likeness (QED) is 0.834. The van der Waals surface area contributed by atoms with Gasteiger partial charge in [-0.2, -0.15) is 0 Å². The van der Waals surface area contributed by atoms with Crippen LogP contribution in [0.2, 0.25) is 5.02 Å². The molecule has 0 aromatic heterocycles. The van der Waals surface area contributed by atoms with Gasteiger partial charge in [-0.25, -0.2) is 0 Å². The number of rotatable bonds is 7. The maximum Gasteiger partial charge on any atom is 0.124 e. The van der Waals surface area contributed by atoms with Crippen LogP contribution < -0.4 is 4.74 Å². The second-order valence-electron chi connectivity index (χ2n) is 5.10. The first-order chi connectivity index (χ1) is 9.01. The van der Waals surface area contributed by atoms with Crippen LogP contribution in [-0.4, -0.2) is 37.3 Å². The van der Waals surface area contributed by atoms with Crippen molar-refractivity contribution in [1.82, 2.24) is 4.90 Å². The van der Waals surface area contributed by atoms with Crippen LogP contribution in [0.1, 0.15) is 31.9 Å². The van der Waals surface area contributed by atoms with E-state index in [4.69, 9.17) is 16.3 Å². The van der Waals surface area contributed by atoms with E-state index < -0.39 is 0 Å². The molecule has 0 aliphatic heterocycles. The summed E-state index contributed by atoms with van der Waals surface area (Å²) in [4.78, 5) is 2.09. The van der Waals surface area contributed by atoms with Gasteiger partial charge in [-0.15, -0.1) is 0 Å². The van der Waals surface area contributed by atoms with Crippen molar-refractivity contribution in [3.05, 3.63) is 28.8 Å². The van der Waals surface area contributed by atoms with Crippen LogP contribution in [-0.2, 0) is 0 Å². The second-order valence-corrected chi connectivity index (χ2v) is 5.54. The number of nitrogens with zero attached hydrogens (tertiary/aromatic N) is 1. The lowest BCUT2D eigenvalue weighted by atomic mass is 9.93. The molecule has 3 nitrogen and oxygen atoms in total. The zero-order valence-corrected chi connectivity index (χ0v) is 12.9. The third kappa shape index (κ3) is 4.37. The van der Waals surface area contributed by atoms with Crippen LogP contribution in [0, 0.1) is 5.92 Å². The standard InChI is InChI=1S/C15H24ClNO2/c1-5-8-19-14-7-6-12(16)9-13(14)15(17(3)4)11(2)10-18/h6-7,9,11,15,18H,5,8,10H2,1-4H3. The van der Waals surface area contributed by atoms with Gasteiger partial charge in [0.15, 0.2) is 0 Å². The lowest BCUT2D eigenvalue weighted by molar-refractivity contribution is 0.142. The number of halogens is 1. The van der Waals surface area contributed by atoms with E-state index in [0.29, 0.717) is 11.6 Å². The Kier molecular flexibility index (Phi) is 6.63. The van der Waals surface area contributed by atoms with Crippen LogP contribution in [0.25, 0.3) is 0 Å². The SMILES string of the molecule is CCCOc1ccc(Cl)cc1C(C(C)CO)N(C)C. The average molecular weight is 286 g/mol. The van der Waals surface area contributed by atoms with Crippen molar-refractivity contribution in [2.45, 2.75) is 26.3 Å². The van der Waals surface area contributed by atoms with Crippen LogP contribution >= 0.6 is 11.6 Å². The Hall–Kier alpha value is -0.770. The summed E-state index contributed by atoms with van der Waals surface area (Å²) in [6.45, 7) is 4.91. The minimum absolute atomic E-state index is 0.0792. The lowest BCUT2D eigenvalue weighted by Crippen LogP contribution is -2.28. The first-order valence-electron chi connectivity index (χ1n) is 6.70. The molecule has 1 aromatic carbocycles. The molecule has 0 spiro atoms. The zero-order valence-electron chi connectivity index (χ0n) is 12.2. The van der Waals surface area contributed by atoms with Gasteiger partial charge < -0.3 is 14.7 Å². The number of hydrogen-bond donors (Lipinski definition) is 1. The summed E-state index contributed by atoms with van der Waals surface area (Å²) >= 11 is 6.11. The third-order valence-corrected chi connectivity index (χ3v) is 3.37. The zero-order chi connectivity index (χ0) is 14.4. The van der Waals surface area contributed by atoms with E-state index in [1.54, 1.807) is 0 Å². The van der Waals surface area contributed by atoms with Gasteiger partial charge in [-0.1, -0.05) is 25.4 Å². The van der Waals surface area contributed by atoms with Gasteiger partial charge >= 0.3 is 0 Å². The molecule has 0 aliphatic rings. The first kappa shape index (κ1) is 16.3. The Morgan fingerprint density at radius 1 is 1.37 bits per heavy atom. The fourth-order valence-corrected chi connectivity index (χ4v) is 2.47. The van der Waals surface area contributed by atoms with Crippen LogP contribution in [0.3, 0.4) is 0 Å². The predicted octanol–water partition coefficient (Wildman–Crippen LogP) is 3.36. The Morgan fingerprint density at radius 2 is 2.05 bits per heavy atom. The Morgan fingerprint density at radius 3 is 2.58 bits per heavy atom. The summed E-state index contributed by atoms with van der Waals surface area (Å²) in [6, 6.07) is 5.76. The van der Waals surface area contributed by atoms with Gasteiger partial charge in [0.2, 0.25) is 0 Å². The normalized spacial score (nSPS) is 14.5. The van der Waals surface area contributed by atoms with Crippen molar-refractivity contribution in [2.24, 2.45) is 5.92 Å². The van der Waals surface area contributed by atoms with Crippen LogP contribution in [0.4, 0.5) is 0 Å². The Labute approximate surface area is 121 Å². The van der Waals surface area contributed by atoms with Crippen molar-refractivity contribution in [1.29, 1.82) is 0 Å². The molecule has 2 unspecified atom stereocenters. The van der Waals surface area contributed by atoms with Gasteiger partial charge in [-0.3, -0.25) is 0 Å². The highest BCUT2D eigenvalue weighted by Gasteiger charge is 2.24. The molecule has 4 heteroatoms. The van der Waals surface area contributed by atoms with Crippen molar-refractivity contribution >= 4 is 11.6 Å². The molecule has 19 heavy (non-hydrogen) atoms. The van der Waals surface area contributed by atoms with E-state index in [9.17, 15) is 5.11 Å². The van der Waals surface area contributed by atoms with Gasteiger partial charge in [0.05, 0.1) is 6.61 Å². The summed E-state index contributed by atoms with van der Waals surface area (Å²) in [7, 11) is 4.00. The minimum atomic E-state index is 0.0792. The van der Waals surface area contributed by atoms with Gasteiger partial charge in [0, 0.05) is 23.2 Å². The summed E-state index contributed by atoms with van der Waals surface area (Å²) in [5.41, 5.74) is 1.03. The van der Waals surface area contributed by atoms with E-state index in [1.165, 1.54) is 0 Å². The third-order valence-electron chi connectivity index (χ3n) is 3.14. The van der Waals surface area contributed by atoms with Gasteiger partial charge in [-0.05, 0) is 44.6 Å². The molecule has 0 bridgehead atoms. The maximum absolute atomic E-state index is 9.45. The molecular formula is C15H24ClNO2. The van der Waals surface area contributed by atoms with E-state index in [1.807, 2.05) is 39.2 Å². The molecule has 0 aliphatic carbocycles. The summed E-state index contributed by atoms with van der Waals surface area (Å²) in [6.07, 6.45) is 0.963. The van der Waals surface area contributed by atoms with Crippen molar-refractivity contribution < 1.29 is 9.84 Å². The van der Waals surface area contributed by atoms with E-state index in [-0.39, 0.29) is 18.6 Å². The summed E-state index contributed by atoms with van der Waals surface area (Å²) < 4.78 is 5.80. The fourth-order valence-electron chi connectivity index (χ4n) is 2.29. The molecule has 108 valence electrons. The Balaban J connectivity index is 3.15. The Bertz CT molecular complexity index is 396. The van der Waals surface area contributed by atoms with E-state index >= 15 is 0 Å². The molecule has 0 heterocycles. The van der Waals surface area contributed by atoms with Gasteiger partial charge in [0.1, 0.15) is 5.75 Å². The van der Waals surface area contributed by atoms with E-state index in [0.717, 1.165) is 17.7 Å². The summed E-state index contributed by atoms with van der Waals surface area (Å²) in [5, 5.41) is 10.1. The van der Waals surface area contributed by atoms with E-state index in [2.05, 4.69) is 11.8 Å². The van der Waals surface area contributed by atoms with Crippen molar-refractivity contribution in [2.75, 3.05) is 27.3 Å². The number of aliphatic hydroxyl groups excluding tert-OH is 1. The molecule has 1 N–H and O–H groups in total. The highest BCUT2D eigenvalue weighted by Crippen LogP contribution is 2.35. The molecule has 2 atom stereocenters. The number of hydrogen-bond acceptors (Lipinski definition) is 3. The highest BCUT2D eigenvalue weighted by molar-refractivity contribution is 6.30. The largest absolute Gasteiger partial charge is 0.493 e. The highest BCUT2D eigenvalue weighted by atomic mass is 35.5. The lowest BCUT2D eigenvalue weighted by Gasteiger charge is -2.31. The average Bonchev–Trinajstić information content (AvgIpc) is 2.37. The molecule has 0 saturated heterocycles. The monoisotopic (exact) mass is 285 g/mol. The molecule has 1 rings (SSSR count). The number of ether oxygens (including phenoxy) is 1. The maximum atomic E-state index is 9.45. The molecule has 0 fully saturated rings.